The minimum atomic E-state index is -0.0457. The van der Waals surface area contributed by atoms with Crippen LogP contribution in [0.1, 0.15) is 43.9 Å². The molecule has 1 amide bonds. The first-order valence-corrected chi connectivity index (χ1v) is 6.58. The Kier molecular flexibility index (Phi) is 6.11. The molecule has 1 aromatic carbocycles. The highest BCUT2D eigenvalue weighted by molar-refractivity contribution is 5.78. The lowest BCUT2D eigenvalue weighted by molar-refractivity contribution is -0.120. The Morgan fingerprint density at radius 2 is 1.79 bits per heavy atom. The lowest BCUT2D eigenvalue weighted by Crippen LogP contribution is -2.35. The van der Waals surface area contributed by atoms with Crippen LogP contribution in [0.3, 0.4) is 0 Å². The minimum Gasteiger partial charge on any atom is -0.348 e. The van der Waals surface area contributed by atoms with Crippen LogP contribution in [0.15, 0.2) is 24.3 Å². The summed E-state index contributed by atoms with van der Waals surface area (Å²) in [4.78, 5) is 11.6. The zero-order chi connectivity index (χ0) is 14.3. The molecule has 2 N–H and O–H groups in total. The lowest BCUT2D eigenvalue weighted by Gasteiger charge is -2.15. The number of benzene rings is 1. The van der Waals surface area contributed by atoms with E-state index >= 15 is 0 Å². The molecule has 0 spiro atoms. The van der Waals surface area contributed by atoms with Crippen LogP contribution in [0.25, 0.3) is 0 Å². The SMILES string of the molecule is C#CCNCC(=O)NC(C)c1ccc(C(C)C)cc1. The fraction of sp³-hybridized carbons (Fsp3) is 0.438. The van der Waals surface area contributed by atoms with Crippen molar-refractivity contribution in [2.24, 2.45) is 0 Å². The van der Waals surface area contributed by atoms with Crippen LogP contribution in [0.4, 0.5) is 0 Å². The molecule has 1 unspecified atom stereocenters. The third kappa shape index (κ3) is 5.15. The number of terminal acetylenes is 1. The molecule has 0 aliphatic heterocycles. The molecule has 0 aliphatic carbocycles. The Hall–Kier alpha value is -1.79. The van der Waals surface area contributed by atoms with E-state index in [4.69, 9.17) is 6.42 Å². The van der Waals surface area contributed by atoms with Crippen LogP contribution >= 0.6 is 0 Å². The third-order valence-corrected chi connectivity index (χ3v) is 2.99. The Morgan fingerprint density at radius 3 is 2.32 bits per heavy atom. The summed E-state index contributed by atoms with van der Waals surface area (Å²) in [5.74, 6) is 2.91. The second kappa shape index (κ2) is 7.60. The molecule has 0 aromatic heterocycles. The molecule has 0 saturated heterocycles. The van der Waals surface area contributed by atoms with Crippen molar-refractivity contribution in [1.29, 1.82) is 0 Å². The van der Waals surface area contributed by atoms with E-state index < -0.39 is 0 Å². The number of hydrogen-bond donors (Lipinski definition) is 2. The van der Waals surface area contributed by atoms with E-state index in [9.17, 15) is 4.79 Å². The minimum absolute atomic E-state index is 0.00125. The molecule has 3 nitrogen and oxygen atoms in total. The summed E-state index contributed by atoms with van der Waals surface area (Å²) >= 11 is 0. The number of hydrogen-bond acceptors (Lipinski definition) is 2. The molecular formula is C16H22N2O. The molecular weight excluding hydrogens is 236 g/mol. The second-order valence-corrected chi connectivity index (χ2v) is 4.92. The predicted octanol–water partition coefficient (Wildman–Crippen LogP) is 2.21. The molecule has 1 rings (SSSR count). The van der Waals surface area contributed by atoms with Crippen molar-refractivity contribution in [3.05, 3.63) is 35.4 Å². The zero-order valence-electron chi connectivity index (χ0n) is 11.9. The van der Waals surface area contributed by atoms with Crippen LogP contribution in [-0.2, 0) is 4.79 Å². The molecule has 1 aromatic rings. The summed E-state index contributed by atoms with van der Waals surface area (Å²) in [6.07, 6.45) is 5.10. The summed E-state index contributed by atoms with van der Waals surface area (Å²) in [7, 11) is 0. The van der Waals surface area contributed by atoms with Crippen molar-refractivity contribution < 1.29 is 4.79 Å². The Balaban J connectivity index is 2.51. The van der Waals surface area contributed by atoms with Crippen LogP contribution in [0.2, 0.25) is 0 Å². The van der Waals surface area contributed by atoms with Gasteiger partial charge in [-0.3, -0.25) is 10.1 Å². The first-order valence-electron chi connectivity index (χ1n) is 6.58. The second-order valence-electron chi connectivity index (χ2n) is 4.92. The molecule has 0 bridgehead atoms. The van der Waals surface area contributed by atoms with Crippen LogP contribution in [0.5, 0.6) is 0 Å². The third-order valence-electron chi connectivity index (χ3n) is 2.99. The van der Waals surface area contributed by atoms with E-state index in [-0.39, 0.29) is 18.5 Å². The van der Waals surface area contributed by atoms with Crippen LogP contribution in [0, 0.1) is 12.3 Å². The summed E-state index contributed by atoms with van der Waals surface area (Å²) in [5.41, 5.74) is 2.41. The summed E-state index contributed by atoms with van der Waals surface area (Å²) in [6, 6.07) is 8.35. The van der Waals surface area contributed by atoms with Crippen LogP contribution in [-0.4, -0.2) is 19.0 Å². The van der Waals surface area contributed by atoms with Gasteiger partial charge in [-0.25, -0.2) is 0 Å². The summed E-state index contributed by atoms with van der Waals surface area (Å²) in [5, 5.41) is 5.80. The van der Waals surface area contributed by atoms with Gasteiger partial charge in [-0.2, -0.15) is 0 Å². The first kappa shape index (κ1) is 15.3. The summed E-state index contributed by atoms with van der Waals surface area (Å²) < 4.78 is 0. The fourth-order valence-electron chi connectivity index (χ4n) is 1.79. The summed E-state index contributed by atoms with van der Waals surface area (Å²) in [6.45, 7) is 6.96. The maximum atomic E-state index is 11.6. The normalized spacial score (nSPS) is 11.9. The van der Waals surface area contributed by atoms with Gasteiger partial charge in [0.25, 0.3) is 0 Å². The van der Waals surface area contributed by atoms with Crippen molar-refractivity contribution in [2.75, 3.05) is 13.1 Å². The van der Waals surface area contributed by atoms with E-state index in [0.717, 1.165) is 5.56 Å². The number of amides is 1. The first-order chi connectivity index (χ1) is 9.04. The maximum Gasteiger partial charge on any atom is 0.234 e. The molecule has 0 fully saturated rings. The van der Waals surface area contributed by atoms with Crippen molar-refractivity contribution in [3.63, 3.8) is 0 Å². The van der Waals surface area contributed by atoms with Crippen molar-refractivity contribution >= 4 is 5.91 Å². The molecule has 1 atom stereocenters. The van der Waals surface area contributed by atoms with Crippen LogP contribution < -0.4 is 10.6 Å². The number of carbonyl (C=O) groups excluding carboxylic acids is 1. The topological polar surface area (TPSA) is 41.1 Å². The standard InChI is InChI=1S/C16H22N2O/c1-5-10-17-11-16(19)18-13(4)15-8-6-14(7-9-15)12(2)3/h1,6-9,12-13,17H,10-11H2,2-4H3,(H,18,19). The van der Waals surface area contributed by atoms with Gasteiger partial charge in [0.15, 0.2) is 0 Å². The van der Waals surface area contributed by atoms with Crippen molar-refractivity contribution in [1.82, 2.24) is 10.6 Å². The van der Waals surface area contributed by atoms with E-state index in [0.29, 0.717) is 12.5 Å². The van der Waals surface area contributed by atoms with Gasteiger partial charge in [-0.1, -0.05) is 44.0 Å². The maximum absolute atomic E-state index is 11.6. The van der Waals surface area contributed by atoms with Gasteiger partial charge in [0.2, 0.25) is 5.91 Å². The fourth-order valence-corrected chi connectivity index (χ4v) is 1.79. The van der Waals surface area contributed by atoms with Gasteiger partial charge in [-0.05, 0) is 24.0 Å². The molecule has 3 heteroatoms. The van der Waals surface area contributed by atoms with E-state index in [1.807, 2.05) is 6.92 Å². The molecule has 0 heterocycles. The van der Waals surface area contributed by atoms with Gasteiger partial charge in [-0.15, -0.1) is 6.42 Å². The quantitative estimate of drug-likeness (QED) is 0.607. The van der Waals surface area contributed by atoms with Gasteiger partial charge in [0.1, 0.15) is 0 Å². The number of nitrogens with one attached hydrogen (secondary N) is 2. The highest BCUT2D eigenvalue weighted by Gasteiger charge is 2.09. The van der Waals surface area contributed by atoms with Crippen molar-refractivity contribution in [3.8, 4) is 12.3 Å². The van der Waals surface area contributed by atoms with Gasteiger partial charge in [0.05, 0.1) is 19.1 Å². The van der Waals surface area contributed by atoms with E-state index in [1.54, 1.807) is 0 Å². The van der Waals surface area contributed by atoms with Gasteiger partial charge < -0.3 is 5.32 Å². The molecule has 0 radical (unpaired) electrons. The van der Waals surface area contributed by atoms with Crippen molar-refractivity contribution in [2.45, 2.75) is 32.7 Å². The number of carbonyl (C=O) groups is 1. The molecule has 0 saturated carbocycles. The Morgan fingerprint density at radius 1 is 1.21 bits per heavy atom. The predicted molar refractivity (Wildman–Crippen MR) is 78.8 cm³/mol. The lowest BCUT2D eigenvalue weighted by atomic mass is 9.99. The Bertz CT molecular complexity index is 443. The molecule has 19 heavy (non-hydrogen) atoms. The average Bonchev–Trinajstić information content (AvgIpc) is 2.39. The van der Waals surface area contributed by atoms with Gasteiger partial charge >= 0.3 is 0 Å². The number of rotatable bonds is 6. The Labute approximate surface area is 115 Å². The molecule has 102 valence electrons. The monoisotopic (exact) mass is 258 g/mol. The zero-order valence-corrected chi connectivity index (χ0v) is 11.9. The average molecular weight is 258 g/mol. The van der Waals surface area contributed by atoms with E-state index in [2.05, 4.69) is 54.7 Å². The van der Waals surface area contributed by atoms with Gasteiger partial charge in [0, 0.05) is 0 Å². The van der Waals surface area contributed by atoms with E-state index in [1.165, 1.54) is 5.56 Å². The largest absolute Gasteiger partial charge is 0.348 e. The smallest absolute Gasteiger partial charge is 0.234 e. The highest BCUT2D eigenvalue weighted by Crippen LogP contribution is 2.18. The molecule has 0 aliphatic rings. The highest BCUT2D eigenvalue weighted by atomic mass is 16.1.